The normalized spacial score (nSPS) is 28.6. The molecule has 18 heteroatoms. The van der Waals surface area contributed by atoms with E-state index in [1.54, 1.807) is 51.1 Å². The van der Waals surface area contributed by atoms with E-state index in [4.69, 9.17) is 37.0 Å². The van der Waals surface area contributed by atoms with Gasteiger partial charge in [-0.2, -0.15) is 0 Å². The third-order valence-electron chi connectivity index (χ3n) is 19.4. The Hall–Kier alpha value is -4.02. The van der Waals surface area contributed by atoms with Crippen molar-refractivity contribution in [2.75, 3.05) is 6.61 Å². The smallest absolute Gasteiger partial charge is 0.408 e. The Bertz CT molecular complexity index is 2480. The highest BCUT2D eigenvalue weighted by Crippen LogP contribution is 2.65. The van der Waals surface area contributed by atoms with Gasteiger partial charge in [0.2, 0.25) is 0 Å². The van der Waals surface area contributed by atoms with Crippen LogP contribution >= 0.6 is 0 Å². The molecule has 1 unspecified atom stereocenters. The number of alkyl carbamates (subject to hydrolysis) is 1. The molecule has 1 saturated heterocycles. The third-order valence-corrected chi connectivity index (χ3v) is 33.3. The fourth-order valence-electron chi connectivity index (χ4n) is 13.7. The number of esters is 3. The summed E-state index contributed by atoms with van der Waals surface area (Å²) in [7, 11) is -8.17. The van der Waals surface area contributed by atoms with Gasteiger partial charge < -0.3 is 47.4 Å². The van der Waals surface area contributed by atoms with Crippen molar-refractivity contribution in [2.24, 2.45) is 16.7 Å². The molecule has 2 bridgehead atoms. The molecule has 2 aromatic carbocycles. The summed E-state index contributed by atoms with van der Waals surface area (Å²) in [5.74, 6) is -3.89. The van der Waals surface area contributed by atoms with Crippen molar-refractivity contribution in [2.45, 2.75) is 244 Å². The number of nitrogens with one attached hydrogen (secondary N) is 1. The number of hydrogen-bond donors (Lipinski definition) is 2. The van der Waals surface area contributed by atoms with E-state index in [0.29, 0.717) is 53.0 Å². The van der Waals surface area contributed by atoms with Gasteiger partial charge in [-0.25, -0.2) is 14.4 Å². The summed E-state index contributed by atoms with van der Waals surface area (Å²) in [6, 6.07) is 22.7. The monoisotopic (exact) mass is 1150 g/mol. The second-order valence-corrected chi connectivity index (χ2v) is 38.8. The van der Waals surface area contributed by atoms with Gasteiger partial charge in [-0.15, -0.1) is 0 Å². The molecule has 3 aliphatic carbocycles. The molecule has 1 amide bonds. The molecular weight excluding hydrogens is 1050 g/mol. The Balaban J connectivity index is 1.71. The Morgan fingerprint density at radius 2 is 1.28 bits per heavy atom. The fraction of sp³-hybridized carbons (Fsp3) is 0.689. The second-order valence-electron chi connectivity index (χ2n) is 24.6. The number of ether oxygens (including phenoxy) is 5. The van der Waals surface area contributed by atoms with Crippen molar-refractivity contribution >= 4 is 54.7 Å². The molecule has 6 rings (SSSR count). The Kier molecular flexibility index (Phi) is 20.2. The first kappa shape index (κ1) is 64.2. The highest BCUT2D eigenvalue weighted by molar-refractivity contribution is 6.74. The lowest BCUT2D eigenvalue weighted by Gasteiger charge is -2.68. The SMILES string of the molecule is CC[Si](CC)(CC)O[C@H]1C(=O)[C@]2(C)[C@@H](O[Si](CC)(CC)CC)C[C@H]3OCC3(OC(C)=O)[C@H]2[C@@H](OC(=O)c2ccccc2)[C@]2(O)C[C@@H](OC(=O)[C@@H](O[Si](CC)(CC)CC)[C@@H](NC(=O)OC(C)(C)C)c3ccccc3)C(C)=C1C2(C)C. The van der Waals surface area contributed by atoms with Gasteiger partial charge >= 0.3 is 24.0 Å². The molecule has 15 nitrogen and oxygen atoms in total. The van der Waals surface area contributed by atoms with E-state index < -0.39 is 125 Å². The molecule has 0 aromatic heterocycles. The molecule has 2 aromatic rings. The maximum Gasteiger partial charge on any atom is 0.408 e. The zero-order chi connectivity index (χ0) is 58.7. The molecule has 1 heterocycles. The highest BCUT2D eigenvalue weighted by Gasteiger charge is 2.79. The number of ketones is 1. The minimum atomic E-state index is -2.82. The summed E-state index contributed by atoms with van der Waals surface area (Å²) in [5.41, 5.74) is -6.18. The summed E-state index contributed by atoms with van der Waals surface area (Å²) < 4.78 is 55.1. The third kappa shape index (κ3) is 12.1. The van der Waals surface area contributed by atoms with Gasteiger partial charge in [-0.3, -0.25) is 9.59 Å². The van der Waals surface area contributed by atoms with E-state index in [-0.39, 0.29) is 30.8 Å². The quantitative estimate of drug-likeness (QED) is 0.0462. The number of Topliss-reactive ketones (excluding diaryl/α,β-unsaturated/α-hetero) is 1. The van der Waals surface area contributed by atoms with Crippen LogP contribution in [0.2, 0.25) is 54.4 Å². The van der Waals surface area contributed by atoms with Gasteiger partial charge in [0.15, 0.2) is 42.4 Å². The zero-order valence-electron chi connectivity index (χ0n) is 50.6. The van der Waals surface area contributed by atoms with Gasteiger partial charge in [0, 0.05) is 25.2 Å². The lowest BCUT2D eigenvalue weighted by atomic mass is 9.44. The number of aliphatic hydroxyl groups is 1. The van der Waals surface area contributed by atoms with E-state index in [1.807, 2.05) is 78.8 Å². The van der Waals surface area contributed by atoms with Gasteiger partial charge in [-0.05, 0) is 118 Å². The predicted molar refractivity (Wildman–Crippen MR) is 312 cm³/mol. The topological polar surface area (TPSA) is 191 Å². The number of carbonyl (C=O) groups is 5. The highest BCUT2D eigenvalue weighted by atomic mass is 28.4. The lowest BCUT2D eigenvalue weighted by molar-refractivity contribution is -0.344. The van der Waals surface area contributed by atoms with Crippen molar-refractivity contribution < 1.29 is 66.0 Å². The number of amides is 1. The Labute approximate surface area is 474 Å². The van der Waals surface area contributed by atoms with Crippen LogP contribution in [0.4, 0.5) is 4.79 Å². The number of carbonyl (C=O) groups excluding carboxylic acids is 5. The fourth-order valence-corrected chi connectivity index (χ4v) is 22.2. The molecular formula is C61H95NO14Si3. The Morgan fingerprint density at radius 1 is 0.759 bits per heavy atom. The second kappa shape index (κ2) is 24.8. The summed E-state index contributed by atoms with van der Waals surface area (Å²) in [4.78, 5) is 75.9. The zero-order valence-corrected chi connectivity index (χ0v) is 53.6. The molecule has 2 saturated carbocycles. The van der Waals surface area contributed by atoms with E-state index in [0.717, 1.165) is 18.1 Å². The average molecular weight is 1150 g/mol. The van der Waals surface area contributed by atoms with Crippen LogP contribution in [0.1, 0.15) is 153 Å². The van der Waals surface area contributed by atoms with Gasteiger partial charge in [0.1, 0.15) is 35.6 Å². The lowest BCUT2D eigenvalue weighted by Crippen LogP contribution is -2.82. The molecule has 2 N–H and O–H groups in total. The minimum absolute atomic E-state index is 0.156. The van der Waals surface area contributed by atoms with Crippen molar-refractivity contribution in [3.05, 3.63) is 82.9 Å². The van der Waals surface area contributed by atoms with Gasteiger partial charge in [0.25, 0.3) is 0 Å². The maximum absolute atomic E-state index is 17.2. The van der Waals surface area contributed by atoms with Crippen LogP contribution in [0.5, 0.6) is 0 Å². The van der Waals surface area contributed by atoms with Gasteiger partial charge in [0.05, 0.1) is 35.6 Å². The van der Waals surface area contributed by atoms with Crippen LogP contribution in [0.3, 0.4) is 0 Å². The molecule has 11 atom stereocenters. The standard InChI is InChI=1S/C61H95NO14Si3/c1-18-77(19-2,20-3)74-45-37-46-60(39-69-46,72-41(11)63)51-53(71-54(65)43-35-31-28-32-36-43)61(68)38-44(40(10)47(58(61,15)16)49(52(64)59(45,51)17)75-78(21-4,22-5)23-6)70-55(66)50(76-79(24-7,25-8)26-9)48(42-33-29-27-30-34-42)62-56(67)73-57(12,13)14/h27-36,44-46,48-51,53,68H,18-26,37-39H2,1-17H3,(H,62,67)/t44-,45+,46-,48+,49-,50+,51+,53-,59-,60?,61-/m1/s1. The van der Waals surface area contributed by atoms with Crippen LogP contribution in [-0.4, -0.2) is 120 Å². The molecule has 0 radical (unpaired) electrons. The predicted octanol–water partition coefficient (Wildman–Crippen LogP) is 12.3. The van der Waals surface area contributed by atoms with Crippen LogP contribution in [-0.2, 0) is 51.3 Å². The van der Waals surface area contributed by atoms with E-state index in [9.17, 15) is 14.7 Å². The molecule has 3 fully saturated rings. The molecule has 79 heavy (non-hydrogen) atoms. The summed E-state index contributed by atoms with van der Waals surface area (Å²) >= 11 is 0. The van der Waals surface area contributed by atoms with Crippen LogP contribution < -0.4 is 5.32 Å². The van der Waals surface area contributed by atoms with Crippen LogP contribution in [0.15, 0.2) is 71.8 Å². The van der Waals surface area contributed by atoms with Crippen LogP contribution in [0.25, 0.3) is 0 Å². The van der Waals surface area contributed by atoms with Crippen molar-refractivity contribution in [3.63, 3.8) is 0 Å². The van der Waals surface area contributed by atoms with Crippen molar-refractivity contribution in [1.29, 1.82) is 0 Å². The number of fused-ring (bicyclic) bond motifs is 5. The summed E-state index contributed by atoms with van der Waals surface area (Å²) in [5, 5.41) is 17.7. The van der Waals surface area contributed by atoms with E-state index in [2.05, 4.69) is 46.9 Å². The first-order valence-electron chi connectivity index (χ1n) is 29.4. The molecule has 4 aliphatic rings. The number of benzene rings is 2. The number of rotatable bonds is 23. The minimum Gasteiger partial charge on any atom is -0.456 e. The van der Waals surface area contributed by atoms with E-state index >= 15 is 14.4 Å². The molecule has 440 valence electrons. The van der Waals surface area contributed by atoms with E-state index in [1.165, 1.54) is 6.92 Å². The van der Waals surface area contributed by atoms with Crippen molar-refractivity contribution in [1.82, 2.24) is 5.32 Å². The van der Waals surface area contributed by atoms with Gasteiger partial charge in [-0.1, -0.05) is 125 Å². The van der Waals surface area contributed by atoms with Crippen LogP contribution in [0, 0.1) is 16.7 Å². The first-order chi connectivity index (χ1) is 37.1. The Morgan fingerprint density at radius 3 is 1.76 bits per heavy atom. The first-order valence-corrected chi connectivity index (χ1v) is 37.0. The number of hydrogen-bond acceptors (Lipinski definition) is 14. The molecule has 0 spiro atoms. The maximum atomic E-state index is 17.2. The summed E-state index contributed by atoms with van der Waals surface area (Å²) in [6.07, 6.45) is -8.28. The summed E-state index contributed by atoms with van der Waals surface area (Å²) in [6.45, 7) is 32.6. The average Bonchev–Trinajstić information content (AvgIpc) is 3.31. The molecule has 1 aliphatic heterocycles. The van der Waals surface area contributed by atoms with Crippen molar-refractivity contribution in [3.8, 4) is 0 Å². The largest absolute Gasteiger partial charge is 0.456 e.